The molecular weight excluding hydrogens is 709 g/mol. The number of fused-ring (bicyclic) bond motifs is 1. The Morgan fingerprint density at radius 2 is 1.50 bits per heavy atom. The van der Waals surface area contributed by atoms with Crippen LogP contribution >= 0.6 is 0 Å². The van der Waals surface area contributed by atoms with Crippen molar-refractivity contribution in [2.24, 2.45) is 17.8 Å². The molecule has 1 saturated heterocycles. The van der Waals surface area contributed by atoms with Gasteiger partial charge in [0.2, 0.25) is 6.10 Å². The van der Waals surface area contributed by atoms with Gasteiger partial charge < -0.3 is 23.1 Å². The molecule has 3 aliphatic rings. The van der Waals surface area contributed by atoms with Crippen molar-refractivity contribution in [2.75, 3.05) is 0 Å². The summed E-state index contributed by atoms with van der Waals surface area (Å²) in [6.45, 7) is 26.7. The molecule has 0 radical (unpaired) electrons. The number of allylic oxidation sites excluding steroid dienone is 2. The van der Waals surface area contributed by atoms with E-state index in [1.807, 2.05) is 61.5 Å². The molecule has 0 N–H and O–H groups in total. The Hall–Kier alpha value is -2.99. The number of rotatable bonds is 12. The van der Waals surface area contributed by atoms with Crippen LogP contribution in [0.25, 0.3) is 0 Å². The summed E-state index contributed by atoms with van der Waals surface area (Å²) in [6.07, 6.45) is 8.02. The highest BCUT2D eigenvalue weighted by Gasteiger charge is 2.47. The van der Waals surface area contributed by atoms with Crippen LogP contribution in [-0.4, -0.2) is 53.0 Å². The van der Waals surface area contributed by atoms with Crippen LogP contribution < -0.4 is 4.74 Å². The molecule has 9 heteroatoms. The number of carbonyl (C=O) groups excluding carboxylic acids is 2. The Bertz CT molecular complexity index is 1650. The number of ether oxygens (including phenoxy) is 3. The monoisotopic (exact) mass is 774 g/mol. The number of cyclic esters (lactones) is 1. The summed E-state index contributed by atoms with van der Waals surface area (Å²) in [5, 5.41) is 0.0819. The van der Waals surface area contributed by atoms with Crippen molar-refractivity contribution in [3.05, 3.63) is 89.5 Å². The Morgan fingerprint density at radius 3 is 2.13 bits per heavy atom. The summed E-state index contributed by atoms with van der Waals surface area (Å²) in [5.41, 5.74) is 3.01. The first-order chi connectivity index (χ1) is 25.1. The lowest BCUT2D eigenvalue weighted by Crippen LogP contribution is -2.49. The van der Waals surface area contributed by atoms with E-state index in [0.717, 1.165) is 29.5 Å². The Kier molecular flexibility index (Phi) is 13.0. The lowest BCUT2D eigenvalue weighted by molar-refractivity contribution is -0.164. The van der Waals surface area contributed by atoms with E-state index in [0.29, 0.717) is 25.0 Å². The lowest BCUT2D eigenvalue weighted by atomic mass is 9.66. The van der Waals surface area contributed by atoms with Crippen LogP contribution in [-0.2, 0) is 27.9 Å². The van der Waals surface area contributed by atoms with Crippen LogP contribution in [0.4, 0.5) is 0 Å². The minimum atomic E-state index is -2.15. The Labute approximate surface area is 327 Å². The summed E-state index contributed by atoms with van der Waals surface area (Å²) in [7, 11) is -4.21. The first-order valence-electron chi connectivity index (χ1n) is 20.1. The fraction of sp³-hybridized carbons (Fsp3) is 0.600. The second kappa shape index (κ2) is 16.6. The molecule has 5 unspecified atom stereocenters. The van der Waals surface area contributed by atoms with E-state index in [-0.39, 0.29) is 52.1 Å². The molecule has 0 bridgehead atoms. The van der Waals surface area contributed by atoms with E-state index in [1.165, 1.54) is 0 Å². The van der Waals surface area contributed by atoms with Crippen LogP contribution in [0.2, 0.25) is 36.3 Å². The van der Waals surface area contributed by atoms with Gasteiger partial charge >= 0.3 is 11.9 Å². The van der Waals surface area contributed by atoms with Gasteiger partial charge in [-0.25, -0.2) is 4.79 Å². The number of carbonyl (C=O) groups is 2. The molecule has 0 amide bonds. The standard InChI is InChI=1S/C45H66O7Si2/c1-30-18-22-34(23-19-30)49-42(32-16-14-13-15-17-32)43(47)50-39-28-36(51-53(9,10)44(3,4)5)26-33-21-20-31(2)38(41(33)39)25-24-35-27-37(29-40(46)48-35)52-54(11,12)45(6,7)8/h13-23,26,31,35-39,41-42H,24-25,27-29H2,1-12H3/t31?,35-,36?,37-,38?,39?,41?,42+/m1/s1. The Morgan fingerprint density at radius 1 is 0.870 bits per heavy atom. The number of hydrogen-bond donors (Lipinski definition) is 0. The summed E-state index contributed by atoms with van der Waals surface area (Å²) in [5.74, 6) is 0.386. The van der Waals surface area contributed by atoms with Crippen molar-refractivity contribution >= 4 is 28.6 Å². The highest BCUT2D eigenvalue weighted by molar-refractivity contribution is 6.74. The third-order valence-corrected chi connectivity index (χ3v) is 21.8. The van der Waals surface area contributed by atoms with Crippen molar-refractivity contribution in [1.29, 1.82) is 0 Å². The van der Waals surface area contributed by atoms with Gasteiger partial charge in [0.15, 0.2) is 16.6 Å². The maximum atomic E-state index is 14.5. The summed E-state index contributed by atoms with van der Waals surface area (Å²) < 4.78 is 32.8. The minimum absolute atomic E-state index is 0.0256. The van der Waals surface area contributed by atoms with Gasteiger partial charge in [-0.2, -0.15) is 0 Å². The van der Waals surface area contributed by atoms with Gasteiger partial charge in [0, 0.05) is 24.3 Å². The van der Waals surface area contributed by atoms with Gasteiger partial charge in [0.05, 0.1) is 18.6 Å². The highest BCUT2D eigenvalue weighted by atomic mass is 28.4. The lowest BCUT2D eigenvalue weighted by Gasteiger charge is -2.46. The summed E-state index contributed by atoms with van der Waals surface area (Å²) in [4.78, 5) is 27.4. The molecule has 7 nitrogen and oxygen atoms in total. The van der Waals surface area contributed by atoms with E-state index in [2.05, 4.69) is 92.9 Å². The predicted molar refractivity (Wildman–Crippen MR) is 221 cm³/mol. The number of aryl methyl sites for hydroxylation is 1. The zero-order chi connectivity index (χ0) is 39.6. The Balaban J connectivity index is 1.42. The first kappa shape index (κ1) is 42.2. The van der Waals surface area contributed by atoms with E-state index in [1.54, 1.807) is 0 Å². The van der Waals surface area contributed by atoms with E-state index >= 15 is 0 Å². The molecule has 1 heterocycles. The summed E-state index contributed by atoms with van der Waals surface area (Å²) >= 11 is 0. The van der Waals surface area contributed by atoms with Crippen molar-refractivity contribution in [3.8, 4) is 5.75 Å². The van der Waals surface area contributed by atoms with Gasteiger partial charge in [-0.1, -0.05) is 115 Å². The molecule has 2 aromatic rings. The average molecular weight is 775 g/mol. The maximum absolute atomic E-state index is 14.5. The first-order valence-corrected chi connectivity index (χ1v) is 25.9. The zero-order valence-corrected chi connectivity index (χ0v) is 36.9. The molecule has 0 saturated carbocycles. The van der Waals surface area contributed by atoms with E-state index < -0.39 is 34.8 Å². The fourth-order valence-electron chi connectivity index (χ4n) is 7.53. The van der Waals surface area contributed by atoms with Crippen LogP contribution in [0.5, 0.6) is 5.75 Å². The quantitative estimate of drug-likeness (QED) is 0.157. The fourth-order valence-corrected chi connectivity index (χ4v) is 10.2. The molecule has 8 atom stereocenters. The summed E-state index contributed by atoms with van der Waals surface area (Å²) in [6, 6.07) is 17.4. The second-order valence-corrected chi connectivity index (χ2v) is 28.6. The van der Waals surface area contributed by atoms with E-state index in [4.69, 9.17) is 23.1 Å². The number of benzene rings is 2. The second-order valence-electron chi connectivity index (χ2n) is 19.1. The topological polar surface area (TPSA) is 80.3 Å². The number of esters is 2. The largest absolute Gasteiger partial charge is 0.474 e. The molecule has 54 heavy (non-hydrogen) atoms. The minimum Gasteiger partial charge on any atom is -0.474 e. The molecule has 1 fully saturated rings. The molecule has 296 valence electrons. The van der Waals surface area contributed by atoms with Gasteiger partial charge in [-0.05, 0) is 85.6 Å². The van der Waals surface area contributed by atoms with Gasteiger partial charge in [-0.3, -0.25) is 4.79 Å². The SMILES string of the molecule is Cc1ccc(O[C@H](C(=O)OC2CC(O[Si](C)(C)C(C)(C)C)C=C3C=CC(C)C(CC[C@@H]4C[C@@H](O[Si](C)(C)C(C)(C)C)CC(=O)O4)C32)c2ccccc2)cc1. The smallest absolute Gasteiger partial charge is 0.352 e. The molecule has 2 aliphatic carbocycles. The van der Waals surface area contributed by atoms with Crippen LogP contribution in [0.15, 0.2) is 78.4 Å². The maximum Gasteiger partial charge on any atom is 0.352 e. The average Bonchev–Trinajstić information content (AvgIpc) is 3.06. The van der Waals surface area contributed by atoms with Crippen molar-refractivity contribution in [2.45, 2.75) is 154 Å². The van der Waals surface area contributed by atoms with Gasteiger partial charge in [-0.15, -0.1) is 0 Å². The van der Waals surface area contributed by atoms with E-state index in [9.17, 15) is 9.59 Å². The van der Waals surface area contributed by atoms with Gasteiger partial charge in [0.1, 0.15) is 18.0 Å². The number of hydrogen-bond acceptors (Lipinski definition) is 7. The molecule has 0 spiro atoms. The van der Waals surface area contributed by atoms with Crippen LogP contribution in [0.3, 0.4) is 0 Å². The van der Waals surface area contributed by atoms with Crippen LogP contribution in [0, 0.1) is 24.7 Å². The van der Waals surface area contributed by atoms with Crippen molar-refractivity contribution in [3.63, 3.8) is 0 Å². The molecule has 0 aromatic heterocycles. The molecular formula is C45H66O7Si2. The van der Waals surface area contributed by atoms with Crippen LogP contribution in [0.1, 0.15) is 97.8 Å². The molecule has 1 aliphatic heterocycles. The normalized spacial score (nSPS) is 27.0. The molecule has 5 rings (SSSR count). The zero-order valence-electron chi connectivity index (χ0n) is 34.9. The van der Waals surface area contributed by atoms with Gasteiger partial charge in [0.25, 0.3) is 0 Å². The molecule has 2 aromatic carbocycles. The third kappa shape index (κ3) is 10.2. The van der Waals surface area contributed by atoms with Crippen molar-refractivity contribution in [1.82, 2.24) is 0 Å². The predicted octanol–water partition coefficient (Wildman–Crippen LogP) is 11.1. The highest BCUT2D eigenvalue weighted by Crippen LogP contribution is 2.47. The van der Waals surface area contributed by atoms with Crippen molar-refractivity contribution < 1.29 is 32.7 Å². The third-order valence-electron chi connectivity index (χ3n) is 12.8.